The largest absolute Gasteiger partial charge is 0.341 e. The summed E-state index contributed by atoms with van der Waals surface area (Å²) in [5.41, 5.74) is 0. The number of piperidine rings is 1. The summed E-state index contributed by atoms with van der Waals surface area (Å²) < 4.78 is 0. The van der Waals surface area contributed by atoms with Gasteiger partial charge < -0.3 is 4.90 Å². The first-order valence-corrected chi connectivity index (χ1v) is 6.67. The number of hydrogen-bond donors (Lipinski definition) is 1. The van der Waals surface area contributed by atoms with Gasteiger partial charge in [0.25, 0.3) is 0 Å². The van der Waals surface area contributed by atoms with Crippen molar-refractivity contribution in [1.82, 2.24) is 4.90 Å². The van der Waals surface area contributed by atoms with Crippen LogP contribution in [0.4, 0.5) is 0 Å². The Kier molecular flexibility index (Phi) is 4.46. The summed E-state index contributed by atoms with van der Waals surface area (Å²) in [4.78, 5) is 13.6. The highest BCUT2D eigenvalue weighted by Crippen LogP contribution is 2.25. The van der Waals surface area contributed by atoms with Crippen molar-refractivity contribution in [2.24, 2.45) is 5.92 Å². The first kappa shape index (κ1) is 11.2. The van der Waals surface area contributed by atoms with Crippen LogP contribution < -0.4 is 0 Å². The third-order valence-electron chi connectivity index (χ3n) is 2.33. The predicted octanol–water partition coefficient (Wildman–Crippen LogP) is 2.21. The van der Waals surface area contributed by atoms with Crippen LogP contribution in [-0.4, -0.2) is 29.1 Å². The summed E-state index contributed by atoms with van der Waals surface area (Å²) >= 11 is 4.20. The highest BCUT2D eigenvalue weighted by atomic mass is 33.1. The van der Waals surface area contributed by atoms with Crippen LogP contribution in [-0.2, 0) is 4.79 Å². The molecule has 0 spiro atoms. The monoisotopic (exact) mass is 219 g/mol. The number of amides is 1. The molecule has 76 valence electrons. The Balaban J connectivity index is 2.46. The van der Waals surface area contributed by atoms with Crippen molar-refractivity contribution in [3.63, 3.8) is 0 Å². The van der Waals surface area contributed by atoms with Gasteiger partial charge in [0.15, 0.2) is 0 Å². The highest BCUT2D eigenvalue weighted by molar-refractivity contribution is 8.68. The van der Waals surface area contributed by atoms with Crippen LogP contribution in [0.2, 0.25) is 0 Å². The second kappa shape index (κ2) is 5.15. The van der Waals surface area contributed by atoms with E-state index in [2.05, 4.69) is 11.7 Å². The molecular weight excluding hydrogens is 202 g/mol. The lowest BCUT2D eigenvalue weighted by Crippen LogP contribution is -2.42. The van der Waals surface area contributed by atoms with Crippen LogP contribution >= 0.6 is 22.5 Å². The molecule has 1 aliphatic rings. The summed E-state index contributed by atoms with van der Waals surface area (Å²) in [6.45, 7) is 5.73. The fraction of sp³-hybridized carbons (Fsp3) is 0.889. The van der Waals surface area contributed by atoms with Crippen LogP contribution in [0.3, 0.4) is 0 Å². The summed E-state index contributed by atoms with van der Waals surface area (Å²) in [6.07, 6.45) is 2.31. The lowest BCUT2D eigenvalue weighted by Gasteiger charge is -2.32. The molecule has 0 aromatic rings. The average molecular weight is 219 g/mol. The Bertz CT molecular complexity index is 184. The van der Waals surface area contributed by atoms with Crippen molar-refractivity contribution in [2.45, 2.75) is 31.9 Å². The lowest BCUT2D eigenvalue weighted by atomic mass is 10.1. The molecule has 1 aliphatic heterocycles. The lowest BCUT2D eigenvalue weighted by molar-refractivity contribution is -0.135. The van der Waals surface area contributed by atoms with Gasteiger partial charge in [0.05, 0.1) is 0 Å². The van der Waals surface area contributed by atoms with Gasteiger partial charge in [-0.25, -0.2) is 0 Å². The van der Waals surface area contributed by atoms with E-state index < -0.39 is 0 Å². The normalized spacial score (nSPS) is 23.7. The summed E-state index contributed by atoms with van der Waals surface area (Å²) in [7, 11) is 1.58. The van der Waals surface area contributed by atoms with Crippen molar-refractivity contribution in [3.05, 3.63) is 0 Å². The molecule has 1 heterocycles. The Morgan fingerprint density at radius 2 is 2.31 bits per heavy atom. The zero-order valence-corrected chi connectivity index (χ0v) is 9.90. The fourth-order valence-electron chi connectivity index (χ4n) is 1.59. The Morgan fingerprint density at radius 3 is 2.85 bits per heavy atom. The quantitative estimate of drug-likeness (QED) is 0.567. The van der Waals surface area contributed by atoms with Crippen LogP contribution in [0.25, 0.3) is 0 Å². The molecule has 1 atom stereocenters. The standard InChI is InChI=1S/C9H17NOS2/c1-7(2)9(11)10-5-3-4-8(6-10)13-12/h7-8,12H,3-6H2,1-2H3. The van der Waals surface area contributed by atoms with Gasteiger partial charge in [-0.05, 0) is 12.8 Å². The van der Waals surface area contributed by atoms with E-state index in [1.54, 1.807) is 10.8 Å². The van der Waals surface area contributed by atoms with Gasteiger partial charge in [-0.15, -0.1) is 11.7 Å². The summed E-state index contributed by atoms with van der Waals surface area (Å²) in [5.74, 6) is 0.413. The second-order valence-corrected chi connectivity index (χ2v) is 5.32. The van der Waals surface area contributed by atoms with E-state index in [0.29, 0.717) is 5.25 Å². The maximum atomic E-state index is 11.7. The summed E-state index contributed by atoms with van der Waals surface area (Å²) in [6, 6.07) is 0. The Morgan fingerprint density at radius 1 is 1.62 bits per heavy atom. The second-order valence-electron chi connectivity index (χ2n) is 3.81. The minimum absolute atomic E-state index is 0.128. The molecule has 1 amide bonds. The molecule has 4 heteroatoms. The van der Waals surface area contributed by atoms with Gasteiger partial charge in [0.2, 0.25) is 5.91 Å². The van der Waals surface area contributed by atoms with E-state index >= 15 is 0 Å². The molecule has 1 rings (SSSR count). The number of carbonyl (C=O) groups excluding carboxylic acids is 1. The van der Waals surface area contributed by atoms with E-state index in [4.69, 9.17) is 0 Å². The number of carbonyl (C=O) groups is 1. The minimum atomic E-state index is 0.128. The van der Waals surface area contributed by atoms with Crippen LogP contribution in [0, 0.1) is 5.92 Å². The van der Waals surface area contributed by atoms with Gasteiger partial charge in [0, 0.05) is 24.3 Å². The molecule has 0 radical (unpaired) electrons. The SMILES string of the molecule is CC(C)C(=O)N1CCCC(SS)C1. The van der Waals surface area contributed by atoms with Gasteiger partial charge in [-0.2, -0.15) is 0 Å². The Hall–Kier alpha value is 0.170. The number of nitrogens with zero attached hydrogens (tertiary/aromatic N) is 1. The van der Waals surface area contributed by atoms with Crippen LogP contribution in [0.1, 0.15) is 26.7 Å². The predicted molar refractivity (Wildman–Crippen MR) is 61.0 cm³/mol. The van der Waals surface area contributed by atoms with Crippen molar-refractivity contribution >= 4 is 28.4 Å². The zero-order chi connectivity index (χ0) is 9.84. The van der Waals surface area contributed by atoms with Crippen molar-refractivity contribution in [3.8, 4) is 0 Å². The molecule has 0 saturated carbocycles. The molecule has 0 aliphatic carbocycles. The first-order valence-electron chi connectivity index (χ1n) is 4.74. The fourth-order valence-corrected chi connectivity index (χ4v) is 2.62. The van der Waals surface area contributed by atoms with E-state index in [0.717, 1.165) is 19.5 Å². The van der Waals surface area contributed by atoms with E-state index in [9.17, 15) is 4.79 Å². The highest BCUT2D eigenvalue weighted by Gasteiger charge is 2.24. The first-order chi connectivity index (χ1) is 6.15. The molecular formula is C9H17NOS2. The maximum absolute atomic E-state index is 11.7. The smallest absolute Gasteiger partial charge is 0.225 e. The van der Waals surface area contributed by atoms with Crippen LogP contribution in [0.15, 0.2) is 0 Å². The van der Waals surface area contributed by atoms with Crippen LogP contribution in [0.5, 0.6) is 0 Å². The molecule has 1 fully saturated rings. The van der Waals surface area contributed by atoms with Gasteiger partial charge >= 0.3 is 0 Å². The average Bonchev–Trinajstić information content (AvgIpc) is 2.16. The Labute approximate surface area is 89.3 Å². The number of thiol groups is 1. The molecule has 2 nitrogen and oxygen atoms in total. The van der Waals surface area contributed by atoms with E-state index in [1.165, 1.54) is 6.42 Å². The zero-order valence-electron chi connectivity index (χ0n) is 8.19. The van der Waals surface area contributed by atoms with E-state index in [-0.39, 0.29) is 11.8 Å². The van der Waals surface area contributed by atoms with E-state index in [1.807, 2.05) is 18.7 Å². The molecule has 0 aromatic heterocycles. The number of likely N-dealkylation sites (tertiary alicyclic amines) is 1. The van der Waals surface area contributed by atoms with Crippen molar-refractivity contribution in [1.29, 1.82) is 0 Å². The third-order valence-corrected chi connectivity index (χ3v) is 3.91. The van der Waals surface area contributed by atoms with Crippen molar-refractivity contribution in [2.75, 3.05) is 13.1 Å². The molecule has 13 heavy (non-hydrogen) atoms. The molecule has 1 saturated heterocycles. The van der Waals surface area contributed by atoms with Gasteiger partial charge in [0.1, 0.15) is 0 Å². The minimum Gasteiger partial charge on any atom is -0.341 e. The van der Waals surface area contributed by atoms with Gasteiger partial charge in [-0.1, -0.05) is 24.6 Å². The van der Waals surface area contributed by atoms with Gasteiger partial charge in [-0.3, -0.25) is 4.79 Å². The summed E-state index contributed by atoms with van der Waals surface area (Å²) in [5, 5.41) is 0.528. The topological polar surface area (TPSA) is 20.3 Å². The molecule has 1 unspecified atom stereocenters. The number of hydrogen-bond acceptors (Lipinski definition) is 3. The third kappa shape index (κ3) is 3.09. The molecule has 0 aromatic carbocycles. The maximum Gasteiger partial charge on any atom is 0.225 e. The molecule has 0 bridgehead atoms. The number of rotatable bonds is 2. The van der Waals surface area contributed by atoms with Crippen molar-refractivity contribution < 1.29 is 4.79 Å². The molecule has 0 N–H and O–H groups in total.